The van der Waals surface area contributed by atoms with Crippen molar-refractivity contribution in [2.45, 2.75) is 6.61 Å². The summed E-state index contributed by atoms with van der Waals surface area (Å²) < 4.78 is 5.06. The van der Waals surface area contributed by atoms with Gasteiger partial charge >= 0.3 is 0 Å². The van der Waals surface area contributed by atoms with Gasteiger partial charge in [-0.25, -0.2) is 0 Å². The van der Waals surface area contributed by atoms with Crippen molar-refractivity contribution in [1.29, 1.82) is 0 Å². The van der Waals surface area contributed by atoms with Crippen molar-refractivity contribution in [1.82, 2.24) is 4.98 Å². The Balaban J connectivity index is 2.73. The van der Waals surface area contributed by atoms with Crippen molar-refractivity contribution in [3.8, 4) is 0 Å². The molecule has 1 amide bonds. The summed E-state index contributed by atoms with van der Waals surface area (Å²) in [6.07, 6.45) is 1.53. The summed E-state index contributed by atoms with van der Waals surface area (Å²) in [7, 11) is 0. The summed E-state index contributed by atoms with van der Waals surface area (Å²) in [5.74, 6) is -0.456. The number of carbonyl (C=O) groups is 1. The number of rotatable bonds is 4. The average Bonchev–Trinajstić information content (AvgIpc) is 2.15. The van der Waals surface area contributed by atoms with Crippen molar-refractivity contribution < 1.29 is 9.53 Å². The Morgan fingerprint density at radius 2 is 2.46 bits per heavy atom. The lowest BCUT2D eigenvalue weighted by atomic mass is 10.2. The number of halogens is 1. The van der Waals surface area contributed by atoms with Crippen LogP contribution in [0.15, 0.2) is 18.3 Å². The van der Waals surface area contributed by atoms with E-state index in [0.29, 0.717) is 23.4 Å². The van der Waals surface area contributed by atoms with Gasteiger partial charge in [-0.15, -0.1) is 0 Å². The number of amides is 1. The zero-order valence-electron chi connectivity index (χ0n) is 6.87. The molecular weight excluding hydrogens is 236 g/mol. The minimum Gasteiger partial charge on any atom is -0.366 e. The van der Waals surface area contributed by atoms with Crippen molar-refractivity contribution in [2.24, 2.45) is 5.73 Å². The first-order chi connectivity index (χ1) is 6.24. The fourth-order valence-electron chi connectivity index (χ4n) is 0.854. The summed E-state index contributed by atoms with van der Waals surface area (Å²) >= 11 is 3.11. The van der Waals surface area contributed by atoms with E-state index in [1.807, 2.05) is 0 Å². The molecule has 1 heterocycles. The smallest absolute Gasteiger partial charge is 0.248 e. The minimum atomic E-state index is -0.456. The van der Waals surface area contributed by atoms with Gasteiger partial charge in [0.15, 0.2) is 0 Å². The molecule has 0 atom stereocenters. The molecule has 70 valence electrons. The quantitative estimate of drug-likeness (QED) is 0.806. The Hall–Kier alpha value is -0.940. The van der Waals surface area contributed by atoms with Gasteiger partial charge in [0.1, 0.15) is 5.52 Å². The number of primary amides is 1. The highest BCUT2D eigenvalue weighted by Gasteiger charge is 2.01. The Morgan fingerprint density at radius 1 is 1.69 bits per heavy atom. The molecule has 1 aromatic heterocycles. The van der Waals surface area contributed by atoms with Crippen molar-refractivity contribution >= 4 is 21.8 Å². The third-order valence-corrected chi connectivity index (χ3v) is 1.75. The van der Waals surface area contributed by atoms with Crippen LogP contribution in [-0.4, -0.2) is 16.4 Å². The fraction of sp³-hybridized carbons (Fsp3) is 0.250. The van der Waals surface area contributed by atoms with Gasteiger partial charge in [-0.05, 0) is 12.1 Å². The van der Waals surface area contributed by atoms with Crippen LogP contribution >= 0.6 is 15.9 Å². The molecule has 0 radical (unpaired) electrons. The number of pyridine rings is 1. The van der Waals surface area contributed by atoms with Crippen LogP contribution in [0.1, 0.15) is 16.1 Å². The number of hydrogen-bond donors (Lipinski definition) is 1. The van der Waals surface area contributed by atoms with Gasteiger partial charge in [0.2, 0.25) is 5.91 Å². The zero-order chi connectivity index (χ0) is 9.68. The summed E-state index contributed by atoms with van der Waals surface area (Å²) in [5, 5.41) is 0. The molecule has 0 bridgehead atoms. The van der Waals surface area contributed by atoms with Gasteiger partial charge < -0.3 is 10.5 Å². The molecule has 4 nitrogen and oxygen atoms in total. The minimum absolute atomic E-state index is 0.367. The molecule has 0 spiro atoms. The average molecular weight is 245 g/mol. The number of hydrogen-bond acceptors (Lipinski definition) is 3. The molecule has 0 saturated carbocycles. The van der Waals surface area contributed by atoms with Crippen LogP contribution < -0.4 is 5.73 Å². The molecule has 0 fully saturated rings. The number of carbonyl (C=O) groups excluding carboxylic acids is 1. The van der Waals surface area contributed by atoms with E-state index in [2.05, 4.69) is 20.9 Å². The van der Waals surface area contributed by atoms with E-state index in [1.165, 1.54) is 6.20 Å². The van der Waals surface area contributed by atoms with E-state index in [-0.39, 0.29) is 0 Å². The lowest BCUT2D eigenvalue weighted by Gasteiger charge is -2.00. The summed E-state index contributed by atoms with van der Waals surface area (Å²) in [5.41, 5.74) is 6.67. The Morgan fingerprint density at radius 3 is 3.08 bits per heavy atom. The number of nitrogens with two attached hydrogens (primary N) is 1. The number of alkyl halides is 1. The normalized spacial score (nSPS) is 9.92. The third-order valence-electron chi connectivity index (χ3n) is 1.43. The lowest BCUT2D eigenvalue weighted by molar-refractivity contribution is 0.0999. The molecule has 0 aromatic carbocycles. The fourth-order valence-corrected chi connectivity index (χ4v) is 1.02. The highest BCUT2D eigenvalue weighted by molar-refractivity contribution is 9.09. The first-order valence-corrected chi connectivity index (χ1v) is 4.74. The largest absolute Gasteiger partial charge is 0.366 e. The predicted octanol–water partition coefficient (Wildman–Crippen LogP) is 1.05. The van der Waals surface area contributed by atoms with Gasteiger partial charge in [-0.2, -0.15) is 0 Å². The van der Waals surface area contributed by atoms with Gasteiger partial charge in [0.25, 0.3) is 0 Å². The summed E-state index contributed by atoms with van der Waals surface area (Å²) in [6.45, 7) is 0.367. The maximum absolute atomic E-state index is 10.8. The topological polar surface area (TPSA) is 65.2 Å². The van der Waals surface area contributed by atoms with E-state index >= 15 is 0 Å². The standard InChI is InChI=1S/C8H9BrN2O2/c9-5-13-4-7-3-6(8(10)12)1-2-11-7/h1-3H,4-5H2,(H2,10,12). The zero-order valence-corrected chi connectivity index (χ0v) is 8.45. The van der Waals surface area contributed by atoms with Crippen LogP contribution in [0.2, 0.25) is 0 Å². The molecule has 5 heteroatoms. The molecule has 13 heavy (non-hydrogen) atoms. The van der Waals surface area contributed by atoms with Crippen molar-refractivity contribution in [2.75, 3.05) is 5.52 Å². The molecule has 1 rings (SSSR count). The van der Waals surface area contributed by atoms with Crippen molar-refractivity contribution in [3.05, 3.63) is 29.6 Å². The monoisotopic (exact) mass is 244 g/mol. The molecule has 0 aliphatic rings. The van der Waals surface area contributed by atoms with Crippen LogP contribution in [0.3, 0.4) is 0 Å². The first-order valence-electron chi connectivity index (χ1n) is 3.62. The van der Waals surface area contributed by atoms with Crippen LogP contribution in [-0.2, 0) is 11.3 Å². The molecule has 1 aromatic rings. The molecule has 0 unspecified atom stereocenters. The van der Waals surface area contributed by atoms with E-state index in [1.54, 1.807) is 12.1 Å². The SMILES string of the molecule is NC(=O)c1ccnc(COCBr)c1. The van der Waals surface area contributed by atoms with E-state index in [9.17, 15) is 4.79 Å². The number of nitrogens with zero attached hydrogens (tertiary/aromatic N) is 1. The molecule has 0 aliphatic carbocycles. The van der Waals surface area contributed by atoms with Gasteiger partial charge in [-0.1, -0.05) is 15.9 Å². The molecule has 2 N–H and O–H groups in total. The number of aromatic nitrogens is 1. The van der Waals surface area contributed by atoms with E-state index in [0.717, 1.165) is 0 Å². The lowest BCUT2D eigenvalue weighted by Crippen LogP contribution is -2.11. The highest BCUT2D eigenvalue weighted by atomic mass is 79.9. The molecule has 0 saturated heterocycles. The first kappa shape index (κ1) is 10.1. The maximum atomic E-state index is 10.8. The second-order valence-corrected chi connectivity index (χ2v) is 2.82. The second-order valence-electron chi connectivity index (χ2n) is 2.36. The van der Waals surface area contributed by atoms with Gasteiger partial charge in [0, 0.05) is 11.8 Å². The van der Waals surface area contributed by atoms with E-state index in [4.69, 9.17) is 10.5 Å². The van der Waals surface area contributed by atoms with Crippen LogP contribution in [0.4, 0.5) is 0 Å². The summed E-state index contributed by atoms with van der Waals surface area (Å²) in [6, 6.07) is 3.19. The van der Waals surface area contributed by atoms with Crippen LogP contribution in [0.25, 0.3) is 0 Å². The van der Waals surface area contributed by atoms with Crippen LogP contribution in [0, 0.1) is 0 Å². The maximum Gasteiger partial charge on any atom is 0.248 e. The van der Waals surface area contributed by atoms with Gasteiger partial charge in [-0.3, -0.25) is 9.78 Å². The van der Waals surface area contributed by atoms with Crippen LogP contribution in [0.5, 0.6) is 0 Å². The molecular formula is C8H9BrN2O2. The van der Waals surface area contributed by atoms with Gasteiger partial charge in [0.05, 0.1) is 12.3 Å². The number of ether oxygens (including phenoxy) is 1. The Labute approximate surface area is 84.2 Å². The van der Waals surface area contributed by atoms with Crippen molar-refractivity contribution in [3.63, 3.8) is 0 Å². The Kier molecular flexibility index (Phi) is 3.85. The summed E-state index contributed by atoms with van der Waals surface area (Å²) in [4.78, 5) is 14.8. The predicted molar refractivity (Wildman–Crippen MR) is 51.3 cm³/mol. The Bertz CT molecular complexity index is 304. The van der Waals surface area contributed by atoms with E-state index < -0.39 is 5.91 Å². The molecule has 0 aliphatic heterocycles. The second kappa shape index (κ2) is 4.94. The highest BCUT2D eigenvalue weighted by Crippen LogP contribution is 2.02. The third kappa shape index (κ3) is 3.12.